The van der Waals surface area contributed by atoms with Gasteiger partial charge in [-0.1, -0.05) is 6.92 Å². The molecule has 6 N–H and O–H groups in total. The number of ketones is 3. The third kappa shape index (κ3) is 3.21. The first-order valence-corrected chi connectivity index (χ1v) is 12.2. The molecule has 1 unspecified atom stereocenters. The van der Waals surface area contributed by atoms with Gasteiger partial charge in [-0.25, -0.2) is 4.39 Å². The van der Waals surface area contributed by atoms with Crippen molar-refractivity contribution in [3.8, 4) is 5.75 Å². The molecule has 1 aromatic rings. The number of rotatable bonds is 4. The van der Waals surface area contributed by atoms with E-state index in [2.05, 4.69) is 10.6 Å². The minimum absolute atomic E-state index is 0.0498. The summed E-state index contributed by atoms with van der Waals surface area (Å²) < 4.78 is 15.7. The predicted octanol–water partition coefficient (Wildman–Crippen LogP) is 1.68. The molecule has 36 heavy (non-hydrogen) atoms. The SMILES string of the molecule is CCN[C@@H]1C(=O)C(C(C)=O)=C(O)[C@@]2(O)C(=O)C3=C(O)c4c(O)cc(C5CCCN5)c(F)c4C[C@H]3C[C@@H]12. The number of aliphatic hydroxyl groups excluding tert-OH is 2. The van der Waals surface area contributed by atoms with Crippen LogP contribution in [0.25, 0.3) is 5.76 Å². The van der Waals surface area contributed by atoms with E-state index in [-0.39, 0.29) is 47.7 Å². The Morgan fingerprint density at radius 1 is 1.28 bits per heavy atom. The molecule has 9 nitrogen and oxygen atoms in total. The van der Waals surface area contributed by atoms with Crippen LogP contribution in [-0.2, 0) is 20.8 Å². The molecule has 0 bridgehead atoms. The van der Waals surface area contributed by atoms with Crippen molar-refractivity contribution in [1.82, 2.24) is 10.6 Å². The molecule has 1 heterocycles. The average Bonchev–Trinajstić information content (AvgIpc) is 3.35. The van der Waals surface area contributed by atoms with Gasteiger partial charge in [0, 0.05) is 28.7 Å². The highest BCUT2D eigenvalue weighted by Crippen LogP contribution is 2.53. The molecule has 1 aromatic carbocycles. The molecule has 1 aliphatic heterocycles. The number of aliphatic hydroxyl groups is 3. The first kappa shape index (κ1) is 24.6. The highest BCUT2D eigenvalue weighted by molar-refractivity contribution is 6.25. The van der Waals surface area contributed by atoms with Gasteiger partial charge in [0.2, 0.25) is 5.78 Å². The number of fused-ring (bicyclic) bond motifs is 3. The molecule has 2 fully saturated rings. The van der Waals surface area contributed by atoms with E-state index in [0.29, 0.717) is 13.0 Å². The Hall–Kier alpha value is -3.08. The van der Waals surface area contributed by atoms with E-state index in [1.165, 1.54) is 6.07 Å². The van der Waals surface area contributed by atoms with Gasteiger partial charge in [0.1, 0.15) is 28.7 Å². The summed E-state index contributed by atoms with van der Waals surface area (Å²) in [6.45, 7) is 3.77. The van der Waals surface area contributed by atoms with Crippen LogP contribution in [0.15, 0.2) is 23.0 Å². The molecule has 0 aromatic heterocycles. The second-order valence-electron chi connectivity index (χ2n) is 10.1. The number of halogens is 1. The Morgan fingerprint density at radius 2 is 2.00 bits per heavy atom. The quantitative estimate of drug-likeness (QED) is 0.339. The molecular weight excluding hydrogens is 471 g/mol. The van der Waals surface area contributed by atoms with E-state index >= 15 is 4.39 Å². The van der Waals surface area contributed by atoms with Crippen LogP contribution < -0.4 is 10.6 Å². The molecule has 1 saturated carbocycles. The third-order valence-electron chi connectivity index (χ3n) is 8.13. The summed E-state index contributed by atoms with van der Waals surface area (Å²) >= 11 is 0. The second-order valence-corrected chi connectivity index (χ2v) is 10.1. The maximum atomic E-state index is 15.7. The molecule has 3 aliphatic carbocycles. The number of nitrogens with one attached hydrogen (secondary N) is 2. The summed E-state index contributed by atoms with van der Waals surface area (Å²) in [6.07, 6.45) is 1.44. The van der Waals surface area contributed by atoms with Gasteiger partial charge in [-0.3, -0.25) is 14.4 Å². The van der Waals surface area contributed by atoms with Crippen LogP contribution in [0.1, 0.15) is 55.8 Å². The van der Waals surface area contributed by atoms with Crippen molar-refractivity contribution < 1.29 is 39.2 Å². The lowest BCUT2D eigenvalue weighted by atomic mass is 9.57. The number of aromatic hydroxyl groups is 1. The molecule has 5 rings (SSSR count). The van der Waals surface area contributed by atoms with Gasteiger partial charge >= 0.3 is 0 Å². The van der Waals surface area contributed by atoms with E-state index in [1.807, 2.05) is 0 Å². The molecule has 10 heteroatoms. The van der Waals surface area contributed by atoms with Gasteiger partial charge in [0.25, 0.3) is 0 Å². The topological polar surface area (TPSA) is 156 Å². The van der Waals surface area contributed by atoms with Crippen molar-refractivity contribution in [2.45, 2.75) is 57.2 Å². The summed E-state index contributed by atoms with van der Waals surface area (Å²) in [5.74, 6) is -7.21. The van der Waals surface area contributed by atoms with Crippen LogP contribution in [0, 0.1) is 17.7 Å². The number of phenolic OH excluding ortho intramolecular Hbond substituents is 1. The van der Waals surface area contributed by atoms with E-state index in [4.69, 9.17) is 0 Å². The first-order valence-electron chi connectivity index (χ1n) is 12.2. The normalized spacial score (nSPS) is 31.9. The minimum Gasteiger partial charge on any atom is -0.508 e. The number of hydrogen-bond donors (Lipinski definition) is 6. The monoisotopic (exact) mass is 500 g/mol. The van der Waals surface area contributed by atoms with Crippen LogP contribution in [0.2, 0.25) is 0 Å². The third-order valence-corrected chi connectivity index (χ3v) is 8.13. The zero-order chi connectivity index (χ0) is 26.1. The fourth-order valence-corrected chi connectivity index (χ4v) is 6.50. The van der Waals surface area contributed by atoms with E-state index in [9.17, 15) is 34.8 Å². The van der Waals surface area contributed by atoms with Crippen LogP contribution in [0.3, 0.4) is 0 Å². The van der Waals surface area contributed by atoms with Crippen LogP contribution in [-0.4, -0.2) is 62.5 Å². The number of carbonyl (C=O) groups excluding carboxylic acids is 3. The van der Waals surface area contributed by atoms with Crippen LogP contribution >= 0.6 is 0 Å². The first-order chi connectivity index (χ1) is 17.0. The fourth-order valence-electron chi connectivity index (χ4n) is 6.50. The predicted molar refractivity (Wildman–Crippen MR) is 126 cm³/mol. The number of carbonyl (C=O) groups is 3. The molecule has 192 valence electrons. The Bertz CT molecular complexity index is 1260. The van der Waals surface area contributed by atoms with Gasteiger partial charge in [-0.15, -0.1) is 0 Å². The maximum absolute atomic E-state index is 15.7. The zero-order valence-electron chi connectivity index (χ0n) is 20.0. The highest BCUT2D eigenvalue weighted by atomic mass is 19.1. The summed E-state index contributed by atoms with van der Waals surface area (Å²) in [6, 6.07) is -0.186. The molecule has 5 atom stereocenters. The Balaban J connectivity index is 1.69. The number of phenols is 1. The van der Waals surface area contributed by atoms with Gasteiger partial charge < -0.3 is 31.1 Å². The number of hydrogen-bond acceptors (Lipinski definition) is 9. The van der Waals surface area contributed by atoms with Crippen molar-refractivity contribution in [1.29, 1.82) is 0 Å². The second kappa shape index (κ2) is 8.50. The van der Waals surface area contributed by atoms with Crippen molar-refractivity contribution in [3.63, 3.8) is 0 Å². The fraction of sp³-hybridized carbons (Fsp3) is 0.500. The Labute approximate surface area is 206 Å². The van der Waals surface area contributed by atoms with E-state index in [1.54, 1.807) is 6.92 Å². The molecule has 0 radical (unpaired) electrons. The number of Topliss-reactive ketones (excluding diaryl/α,β-unsaturated/α-hetero) is 3. The van der Waals surface area contributed by atoms with Crippen molar-refractivity contribution in [2.75, 3.05) is 13.1 Å². The van der Waals surface area contributed by atoms with Gasteiger partial charge in [0.05, 0.1) is 11.6 Å². The van der Waals surface area contributed by atoms with E-state index < -0.39 is 69.5 Å². The minimum atomic E-state index is -2.64. The van der Waals surface area contributed by atoms with Crippen LogP contribution in [0.5, 0.6) is 5.75 Å². The van der Waals surface area contributed by atoms with Crippen molar-refractivity contribution in [2.24, 2.45) is 11.8 Å². The number of benzene rings is 1. The average molecular weight is 501 g/mol. The standard InChI is InChI=1S/C26H29FN2O7/c1-3-28-21-14-8-11-7-13-19(16(31)9-12(20(13)27)15-5-4-6-29-15)22(32)18(11)25(35)26(14,36)24(34)17(10(2)30)23(21)33/h9,11,14-15,21,28-29,31-32,34,36H,3-8H2,1-2H3/t11-,14-,15?,21-,26+/m0/s1. The highest BCUT2D eigenvalue weighted by Gasteiger charge is 2.63. The van der Waals surface area contributed by atoms with Gasteiger partial charge in [-0.05, 0) is 57.7 Å². The smallest absolute Gasteiger partial charge is 0.202 e. The molecule has 1 saturated heterocycles. The lowest BCUT2D eigenvalue weighted by Crippen LogP contribution is -2.65. The Morgan fingerprint density at radius 3 is 2.61 bits per heavy atom. The van der Waals surface area contributed by atoms with Crippen molar-refractivity contribution in [3.05, 3.63) is 45.5 Å². The molecular formula is C26H29FN2O7. The molecule has 4 aliphatic rings. The summed E-state index contributed by atoms with van der Waals surface area (Å²) in [4.78, 5) is 39.0. The zero-order valence-corrected chi connectivity index (χ0v) is 20.0. The van der Waals surface area contributed by atoms with Crippen molar-refractivity contribution >= 4 is 23.1 Å². The molecule has 0 spiro atoms. The maximum Gasteiger partial charge on any atom is 0.202 e. The summed E-state index contributed by atoms with van der Waals surface area (Å²) in [5, 5.41) is 50.5. The lowest BCUT2D eigenvalue weighted by Gasteiger charge is -2.49. The lowest BCUT2D eigenvalue weighted by molar-refractivity contribution is -0.150. The van der Waals surface area contributed by atoms with E-state index in [0.717, 1.165) is 13.3 Å². The molecule has 0 amide bonds. The van der Waals surface area contributed by atoms with Crippen LogP contribution in [0.4, 0.5) is 4.39 Å². The summed E-state index contributed by atoms with van der Waals surface area (Å²) in [7, 11) is 0. The van der Waals surface area contributed by atoms with Gasteiger partial charge in [-0.2, -0.15) is 0 Å². The Kier molecular flexibility index (Phi) is 5.81. The van der Waals surface area contributed by atoms with Gasteiger partial charge in [0.15, 0.2) is 17.2 Å². The number of likely N-dealkylation sites (N-methyl/N-ethyl adjacent to an activating group) is 1. The largest absolute Gasteiger partial charge is 0.508 e. The summed E-state index contributed by atoms with van der Waals surface area (Å²) in [5.41, 5.74) is -3.44.